The van der Waals surface area contributed by atoms with Crippen LogP contribution in [0.1, 0.15) is 19.3 Å². The Morgan fingerprint density at radius 2 is 2.06 bits per heavy atom. The minimum absolute atomic E-state index is 0.109. The number of fused-ring (bicyclic) bond motifs is 4. The summed E-state index contributed by atoms with van der Waals surface area (Å²) in [6.07, 6.45) is 11.4. The third kappa shape index (κ3) is 0.904. The second-order valence-corrected chi connectivity index (χ2v) is 5.95. The fourth-order valence-corrected chi connectivity index (χ4v) is 4.47. The van der Waals surface area contributed by atoms with Crippen LogP contribution in [-0.2, 0) is 4.79 Å². The van der Waals surface area contributed by atoms with Gasteiger partial charge in [0.15, 0.2) is 0 Å². The first kappa shape index (κ1) is 9.17. The molecule has 0 heterocycles. The molecular weight excluding hydrogens is 200 g/mol. The summed E-state index contributed by atoms with van der Waals surface area (Å²) < 4.78 is 0. The lowest BCUT2D eigenvalue weighted by Crippen LogP contribution is -2.47. The van der Waals surface area contributed by atoms with Crippen molar-refractivity contribution in [2.45, 2.75) is 24.9 Å². The minimum atomic E-state index is -0.722. The van der Waals surface area contributed by atoms with Crippen LogP contribution in [0.4, 0.5) is 0 Å². The van der Waals surface area contributed by atoms with Crippen LogP contribution < -0.4 is 0 Å². The molecule has 4 bridgehead atoms. The highest BCUT2D eigenvalue weighted by molar-refractivity contribution is 5.90. The standard InChI is InChI=1S/C14H16O2/c15-13-10-3-2-9(6-10)12(13)14(16)7-8-1-4-11(14)5-8/h1-4,8-12,16H,5-7H2/t8-,9-,10-,11-,12-,14-/m0/s1. The number of Topliss-reactive ketones (excluding diaryl/α,β-unsaturated/α-hetero) is 1. The maximum atomic E-state index is 12.2. The van der Waals surface area contributed by atoms with Gasteiger partial charge in [-0.2, -0.15) is 0 Å². The maximum Gasteiger partial charge on any atom is 0.146 e. The first-order chi connectivity index (χ1) is 7.68. The van der Waals surface area contributed by atoms with Gasteiger partial charge in [0.2, 0.25) is 0 Å². The zero-order chi connectivity index (χ0) is 10.9. The van der Waals surface area contributed by atoms with Gasteiger partial charge in [0.1, 0.15) is 5.78 Å². The molecule has 4 aliphatic rings. The smallest absolute Gasteiger partial charge is 0.146 e. The van der Waals surface area contributed by atoms with Crippen LogP contribution in [0.5, 0.6) is 0 Å². The van der Waals surface area contributed by atoms with E-state index in [2.05, 4.69) is 18.2 Å². The Morgan fingerprint density at radius 1 is 1.19 bits per heavy atom. The van der Waals surface area contributed by atoms with Crippen molar-refractivity contribution in [3.8, 4) is 0 Å². The predicted molar refractivity (Wildman–Crippen MR) is 59.5 cm³/mol. The average Bonchev–Trinajstić information content (AvgIpc) is 2.92. The molecule has 1 N–H and O–H groups in total. The summed E-state index contributed by atoms with van der Waals surface area (Å²) in [6, 6.07) is 0. The summed E-state index contributed by atoms with van der Waals surface area (Å²) in [4.78, 5) is 12.2. The van der Waals surface area contributed by atoms with Crippen molar-refractivity contribution in [2.75, 3.05) is 0 Å². The number of ketones is 1. The third-order valence-corrected chi connectivity index (χ3v) is 5.16. The molecule has 0 aliphatic heterocycles. The Hall–Kier alpha value is -0.890. The number of carbonyl (C=O) groups is 1. The van der Waals surface area contributed by atoms with Crippen molar-refractivity contribution >= 4 is 5.78 Å². The summed E-state index contributed by atoms with van der Waals surface area (Å²) >= 11 is 0. The van der Waals surface area contributed by atoms with E-state index in [1.807, 2.05) is 6.08 Å². The van der Waals surface area contributed by atoms with E-state index in [1.165, 1.54) is 0 Å². The number of carbonyl (C=O) groups excluding carboxylic acids is 1. The van der Waals surface area contributed by atoms with E-state index in [-0.39, 0.29) is 17.8 Å². The van der Waals surface area contributed by atoms with E-state index in [0.29, 0.717) is 17.6 Å². The third-order valence-electron chi connectivity index (χ3n) is 5.16. The van der Waals surface area contributed by atoms with Gasteiger partial charge in [-0.25, -0.2) is 0 Å². The molecule has 0 radical (unpaired) electrons. The summed E-state index contributed by atoms with van der Waals surface area (Å²) in [7, 11) is 0. The largest absolute Gasteiger partial charge is 0.388 e. The van der Waals surface area contributed by atoms with Crippen LogP contribution in [0.2, 0.25) is 0 Å². The van der Waals surface area contributed by atoms with Gasteiger partial charge >= 0.3 is 0 Å². The molecule has 0 spiro atoms. The van der Waals surface area contributed by atoms with Crippen molar-refractivity contribution in [1.29, 1.82) is 0 Å². The van der Waals surface area contributed by atoms with Crippen molar-refractivity contribution in [2.24, 2.45) is 29.6 Å². The van der Waals surface area contributed by atoms with Crippen LogP contribution >= 0.6 is 0 Å². The normalized spacial score (nSPS) is 56.8. The fraction of sp³-hybridized carbons (Fsp3) is 0.643. The molecule has 2 heteroatoms. The van der Waals surface area contributed by atoms with E-state index < -0.39 is 5.60 Å². The summed E-state index contributed by atoms with van der Waals surface area (Å²) in [5.41, 5.74) is -0.722. The highest BCUT2D eigenvalue weighted by atomic mass is 16.3. The molecule has 6 atom stereocenters. The molecule has 0 aromatic carbocycles. The van der Waals surface area contributed by atoms with Crippen LogP contribution in [0.15, 0.2) is 24.3 Å². The van der Waals surface area contributed by atoms with Crippen LogP contribution in [0.3, 0.4) is 0 Å². The predicted octanol–water partition coefficient (Wildman–Crippen LogP) is 1.70. The molecule has 16 heavy (non-hydrogen) atoms. The molecule has 0 aromatic rings. The molecular formula is C14H16O2. The first-order valence-electron chi connectivity index (χ1n) is 6.31. The second-order valence-electron chi connectivity index (χ2n) is 5.95. The number of hydrogen-bond donors (Lipinski definition) is 1. The summed E-state index contributed by atoms with van der Waals surface area (Å²) in [5, 5.41) is 10.9. The summed E-state index contributed by atoms with van der Waals surface area (Å²) in [5.74, 6) is 1.38. The summed E-state index contributed by atoms with van der Waals surface area (Å²) in [6.45, 7) is 0. The second kappa shape index (κ2) is 2.67. The fourth-order valence-electron chi connectivity index (χ4n) is 4.47. The van der Waals surface area contributed by atoms with E-state index in [0.717, 1.165) is 19.3 Å². The van der Waals surface area contributed by atoms with Crippen molar-refractivity contribution in [3.05, 3.63) is 24.3 Å². The molecule has 0 aromatic heterocycles. The Morgan fingerprint density at radius 3 is 2.62 bits per heavy atom. The topological polar surface area (TPSA) is 37.3 Å². The van der Waals surface area contributed by atoms with E-state index >= 15 is 0 Å². The highest BCUT2D eigenvalue weighted by Crippen LogP contribution is 2.56. The molecule has 0 unspecified atom stereocenters. The van der Waals surface area contributed by atoms with Gasteiger partial charge in [-0.15, -0.1) is 0 Å². The van der Waals surface area contributed by atoms with Gasteiger partial charge in [0, 0.05) is 11.8 Å². The zero-order valence-corrected chi connectivity index (χ0v) is 9.17. The van der Waals surface area contributed by atoms with Gasteiger partial charge in [0.05, 0.1) is 11.5 Å². The molecule has 4 aliphatic carbocycles. The van der Waals surface area contributed by atoms with Gasteiger partial charge in [0.25, 0.3) is 0 Å². The van der Waals surface area contributed by atoms with Crippen LogP contribution in [-0.4, -0.2) is 16.5 Å². The van der Waals surface area contributed by atoms with E-state index in [1.54, 1.807) is 0 Å². The average molecular weight is 216 g/mol. The zero-order valence-electron chi connectivity index (χ0n) is 9.17. The Bertz CT molecular complexity index is 422. The molecule has 84 valence electrons. The molecule has 2 fully saturated rings. The van der Waals surface area contributed by atoms with Crippen molar-refractivity contribution in [3.63, 3.8) is 0 Å². The number of hydrogen-bond acceptors (Lipinski definition) is 2. The minimum Gasteiger partial charge on any atom is -0.388 e. The Balaban J connectivity index is 1.74. The lowest BCUT2D eigenvalue weighted by molar-refractivity contribution is -0.135. The Labute approximate surface area is 95.0 Å². The number of allylic oxidation sites excluding steroid dienone is 3. The molecule has 2 nitrogen and oxygen atoms in total. The highest BCUT2D eigenvalue weighted by Gasteiger charge is 2.60. The monoisotopic (exact) mass is 216 g/mol. The van der Waals surface area contributed by atoms with Gasteiger partial charge in [-0.05, 0) is 31.1 Å². The molecule has 2 saturated carbocycles. The van der Waals surface area contributed by atoms with Gasteiger partial charge in [-0.1, -0.05) is 24.3 Å². The molecule has 0 saturated heterocycles. The van der Waals surface area contributed by atoms with E-state index in [4.69, 9.17) is 0 Å². The van der Waals surface area contributed by atoms with Crippen LogP contribution in [0.25, 0.3) is 0 Å². The molecule has 4 rings (SSSR count). The maximum absolute atomic E-state index is 12.2. The van der Waals surface area contributed by atoms with Crippen molar-refractivity contribution in [1.82, 2.24) is 0 Å². The van der Waals surface area contributed by atoms with Crippen LogP contribution in [0, 0.1) is 29.6 Å². The SMILES string of the molecule is O=C1[C@@H]([C@]2(O)C[C@H]3C=C[C@H]2C3)[C@H]2C=C[C@H]1C2. The van der Waals surface area contributed by atoms with E-state index in [9.17, 15) is 9.90 Å². The van der Waals surface area contributed by atoms with Gasteiger partial charge < -0.3 is 5.11 Å². The number of rotatable bonds is 1. The molecule has 0 amide bonds. The lowest BCUT2D eigenvalue weighted by Gasteiger charge is -2.38. The number of aliphatic hydroxyl groups is 1. The Kier molecular flexibility index (Phi) is 1.53. The van der Waals surface area contributed by atoms with Gasteiger partial charge in [-0.3, -0.25) is 4.79 Å². The lowest BCUT2D eigenvalue weighted by atomic mass is 9.71. The quantitative estimate of drug-likeness (QED) is 0.677. The first-order valence-corrected chi connectivity index (χ1v) is 6.31. The van der Waals surface area contributed by atoms with Crippen molar-refractivity contribution < 1.29 is 9.90 Å².